The van der Waals surface area contributed by atoms with Crippen molar-refractivity contribution in [3.05, 3.63) is 89.0 Å². The summed E-state index contributed by atoms with van der Waals surface area (Å²) in [5.74, 6) is -6.24. The van der Waals surface area contributed by atoms with E-state index in [1.54, 1.807) is 42.1 Å². The molecule has 0 unspecified atom stereocenters. The van der Waals surface area contributed by atoms with Gasteiger partial charge in [0.15, 0.2) is 17.4 Å². The summed E-state index contributed by atoms with van der Waals surface area (Å²) >= 11 is 5.96. The van der Waals surface area contributed by atoms with Gasteiger partial charge in [-0.1, -0.05) is 29.8 Å². The van der Waals surface area contributed by atoms with Crippen LogP contribution in [0.4, 0.5) is 24.8 Å². The quantitative estimate of drug-likeness (QED) is 0.292. The predicted octanol–water partition coefficient (Wildman–Crippen LogP) is 5.39. The lowest BCUT2D eigenvalue weighted by molar-refractivity contribution is 0.401. The van der Waals surface area contributed by atoms with Crippen molar-refractivity contribution in [2.45, 2.75) is 5.75 Å². The molecule has 2 N–H and O–H groups in total. The van der Waals surface area contributed by atoms with Gasteiger partial charge in [0, 0.05) is 30.5 Å². The van der Waals surface area contributed by atoms with E-state index in [9.17, 15) is 21.6 Å². The molecule has 13 heteroatoms. The van der Waals surface area contributed by atoms with Crippen molar-refractivity contribution in [2.24, 2.45) is 0 Å². The smallest absolute Gasteiger partial charge is 0.237 e. The molecule has 0 atom stereocenters. The summed E-state index contributed by atoms with van der Waals surface area (Å²) in [6.07, 6.45) is 2.80. The lowest BCUT2D eigenvalue weighted by Crippen LogP contribution is -2.18. The van der Waals surface area contributed by atoms with Crippen molar-refractivity contribution in [1.29, 1.82) is 0 Å². The highest BCUT2D eigenvalue weighted by Crippen LogP contribution is 2.36. The molecule has 4 aromatic rings. The first-order chi connectivity index (χ1) is 17.2. The molecule has 4 rings (SSSR count). The Labute approximate surface area is 209 Å². The third-order valence-corrected chi connectivity index (χ3v) is 6.39. The second-order valence-electron chi connectivity index (χ2n) is 7.29. The van der Waals surface area contributed by atoms with Crippen LogP contribution >= 0.6 is 11.6 Å². The van der Waals surface area contributed by atoms with E-state index in [1.807, 2.05) is 0 Å². The fraction of sp³-hybridized carbons (Fsp3) is 0.0870. The average Bonchev–Trinajstić information content (AvgIpc) is 2.87. The van der Waals surface area contributed by atoms with Gasteiger partial charge < -0.3 is 10.1 Å². The first kappa shape index (κ1) is 25.2. The maximum atomic E-state index is 14.9. The Morgan fingerprint density at radius 3 is 2.53 bits per heavy atom. The molecule has 8 nitrogen and oxygen atoms in total. The lowest BCUT2D eigenvalue weighted by atomic mass is 10.2. The molecule has 36 heavy (non-hydrogen) atoms. The van der Waals surface area contributed by atoms with E-state index < -0.39 is 44.7 Å². The number of nitrogens with one attached hydrogen (secondary N) is 2. The molecule has 2 heterocycles. The summed E-state index contributed by atoms with van der Waals surface area (Å²) in [6, 6.07) is 11.2. The number of nitrogens with zero attached hydrogens (tertiary/aromatic N) is 3. The van der Waals surface area contributed by atoms with E-state index in [1.165, 1.54) is 24.5 Å². The molecule has 0 saturated heterocycles. The molecule has 0 aliphatic rings. The van der Waals surface area contributed by atoms with Crippen LogP contribution in [-0.2, 0) is 15.8 Å². The molecular formula is C23H17ClF3N5O3S. The van der Waals surface area contributed by atoms with Gasteiger partial charge in [-0.25, -0.2) is 32.2 Å². The van der Waals surface area contributed by atoms with Crippen molar-refractivity contribution in [1.82, 2.24) is 15.0 Å². The minimum absolute atomic E-state index is 0.149. The molecule has 0 saturated carbocycles. The highest BCUT2D eigenvalue weighted by atomic mass is 35.5. The lowest BCUT2D eigenvalue weighted by Gasteiger charge is -2.14. The van der Waals surface area contributed by atoms with Crippen molar-refractivity contribution in [3.8, 4) is 22.9 Å². The number of aromatic nitrogens is 3. The van der Waals surface area contributed by atoms with Crippen LogP contribution in [0.5, 0.6) is 11.6 Å². The van der Waals surface area contributed by atoms with Crippen molar-refractivity contribution in [2.75, 3.05) is 17.1 Å². The molecule has 0 amide bonds. The number of benzene rings is 2. The van der Waals surface area contributed by atoms with Gasteiger partial charge >= 0.3 is 0 Å². The Morgan fingerprint density at radius 2 is 1.78 bits per heavy atom. The Kier molecular flexibility index (Phi) is 7.27. The summed E-state index contributed by atoms with van der Waals surface area (Å²) in [5, 5.41) is 2.92. The number of rotatable bonds is 8. The van der Waals surface area contributed by atoms with E-state index in [-0.39, 0.29) is 16.5 Å². The van der Waals surface area contributed by atoms with Gasteiger partial charge in [0.25, 0.3) is 0 Å². The van der Waals surface area contributed by atoms with Gasteiger partial charge in [-0.15, -0.1) is 0 Å². The van der Waals surface area contributed by atoms with Crippen LogP contribution in [-0.4, -0.2) is 30.4 Å². The third-order valence-electron chi connectivity index (χ3n) is 4.82. The van der Waals surface area contributed by atoms with Gasteiger partial charge in [-0.3, -0.25) is 4.72 Å². The normalized spacial score (nSPS) is 11.2. The molecule has 0 aliphatic heterocycles. The van der Waals surface area contributed by atoms with Gasteiger partial charge in [0.1, 0.15) is 5.69 Å². The number of sulfonamides is 1. The monoisotopic (exact) mass is 535 g/mol. The molecule has 0 spiro atoms. The topological polar surface area (TPSA) is 106 Å². The van der Waals surface area contributed by atoms with Crippen LogP contribution in [0.15, 0.2) is 60.9 Å². The molecule has 0 aliphatic carbocycles. The van der Waals surface area contributed by atoms with Crippen LogP contribution in [0.1, 0.15) is 5.56 Å². The van der Waals surface area contributed by atoms with Crippen LogP contribution in [0.3, 0.4) is 0 Å². The second kappa shape index (κ2) is 10.4. The first-order valence-electron chi connectivity index (χ1n) is 10.2. The summed E-state index contributed by atoms with van der Waals surface area (Å²) in [4.78, 5) is 12.2. The van der Waals surface area contributed by atoms with Crippen molar-refractivity contribution < 1.29 is 26.3 Å². The van der Waals surface area contributed by atoms with E-state index in [2.05, 4.69) is 20.3 Å². The second-order valence-corrected chi connectivity index (χ2v) is 9.42. The van der Waals surface area contributed by atoms with E-state index in [4.69, 9.17) is 16.3 Å². The maximum absolute atomic E-state index is 14.9. The minimum Gasteiger partial charge on any atom is -0.435 e. The molecule has 186 valence electrons. The zero-order valence-corrected chi connectivity index (χ0v) is 20.0. The molecule has 0 bridgehead atoms. The van der Waals surface area contributed by atoms with Crippen LogP contribution < -0.4 is 14.8 Å². The Morgan fingerprint density at radius 1 is 1.00 bits per heavy atom. The van der Waals surface area contributed by atoms with Crippen LogP contribution in [0.2, 0.25) is 5.02 Å². The number of ether oxygens (including phenoxy) is 1. The molecule has 0 radical (unpaired) electrons. The molecular weight excluding hydrogens is 519 g/mol. The first-order valence-corrected chi connectivity index (χ1v) is 12.3. The van der Waals surface area contributed by atoms with E-state index >= 15 is 0 Å². The van der Waals surface area contributed by atoms with Crippen LogP contribution in [0, 0.1) is 17.5 Å². The number of pyridine rings is 1. The summed E-state index contributed by atoms with van der Waals surface area (Å²) < 4.78 is 76.5. The van der Waals surface area contributed by atoms with Gasteiger partial charge in [0.05, 0.1) is 17.0 Å². The standard InChI is InChI=1S/C23H17ClF3N5O3S/c1-28-23-30-10-8-17(31-23)14-6-4-9-29-22(14)35-18-11-16(25)21(20(27)19(18)26)32-36(33,34)12-13-5-2-3-7-15(13)24/h2-11,32H,12H2,1H3,(H,28,30,31). The molecule has 2 aromatic carbocycles. The zero-order valence-electron chi connectivity index (χ0n) is 18.5. The van der Waals surface area contributed by atoms with Crippen molar-refractivity contribution >= 4 is 33.3 Å². The maximum Gasteiger partial charge on any atom is 0.237 e. The van der Waals surface area contributed by atoms with Crippen molar-refractivity contribution in [3.63, 3.8) is 0 Å². The highest BCUT2D eigenvalue weighted by Gasteiger charge is 2.25. The molecule has 2 aromatic heterocycles. The zero-order chi connectivity index (χ0) is 25.9. The minimum atomic E-state index is -4.35. The average molecular weight is 536 g/mol. The fourth-order valence-electron chi connectivity index (χ4n) is 3.15. The largest absolute Gasteiger partial charge is 0.435 e. The van der Waals surface area contributed by atoms with E-state index in [0.29, 0.717) is 23.3 Å². The van der Waals surface area contributed by atoms with E-state index in [0.717, 1.165) is 0 Å². The van der Waals surface area contributed by atoms with Gasteiger partial charge in [-0.2, -0.15) is 4.39 Å². The predicted molar refractivity (Wildman–Crippen MR) is 129 cm³/mol. The summed E-state index contributed by atoms with van der Waals surface area (Å²) in [6.45, 7) is 0. The molecule has 0 fully saturated rings. The summed E-state index contributed by atoms with van der Waals surface area (Å²) in [7, 11) is -2.73. The SMILES string of the molecule is CNc1nccc(-c2cccnc2Oc2cc(F)c(NS(=O)(=O)Cc3ccccc3Cl)c(F)c2F)n1. The fourth-order valence-corrected chi connectivity index (χ4v) is 4.67. The third kappa shape index (κ3) is 5.50. The van der Waals surface area contributed by atoms with Gasteiger partial charge in [-0.05, 0) is 29.8 Å². The van der Waals surface area contributed by atoms with Gasteiger partial charge in [0.2, 0.25) is 27.7 Å². The highest BCUT2D eigenvalue weighted by molar-refractivity contribution is 7.91. The Balaban J connectivity index is 1.64. The number of halogens is 4. The Bertz CT molecular complexity index is 1540. The summed E-state index contributed by atoms with van der Waals surface area (Å²) in [5.41, 5.74) is -0.353. The van der Waals surface area contributed by atoms with Crippen LogP contribution in [0.25, 0.3) is 11.3 Å². The number of hydrogen-bond acceptors (Lipinski definition) is 7. The number of anilines is 2. The number of hydrogen-bond donors (Lipinski definition) is 2. The Hall–Kier alpha value is -3.90.